The van der Waals surface area contributed by atoms with E-state index in [1.807, 2.05) is 0 Å². The van der Waals surface area contributed by atoms with Gasteiger partial charge in [-0.1, -0.05) is 6.42 Å². The summed E-state index contributed by atoms with van der Waals surface area (Å²) >= 11 is 0. The van der Waals surface area contributed by atoms with Gasteiger partial charge in [-0.25, -0.2) is 8.78 Å². The first-order chi connectivity index (χ1) is 7.66. The van der Waals surface area contributed by atoms with E-state index in [4.69, 9.17) is 0 Å². The van der Waals surface area contributed by atoms with E-state index in [1.165, 1.54) is 31.4 Å². The molecule has 1 aliphatic rings. The van der Waals surface area contributed by atoms with Crippen molar-refractivity contribution >= 4 is 0 Å². The number of nitrogens with one attached hydrogen (secondary N) is 1. The van der Waals surface area contributed by atoms with Gasteiger partial charge in [-0.05, 0) is 43.9 Å². The van der Waals surface area contributed by atoms with Crippen molar-refractivity contribution in [1.82, 2.24) is 5.32 Å². The van der Waals surface area contributed by atoms with Crippen LogP contribution in [0, 0.1) is 17.6 Å². The molecule has 1 N–H and O–H groups in total. The minimum Gasteiger partial charge on any atom is -0.310 e. The Labute approximate surface area is 94.9 Å². The Hall–Kier alpha value is -0.960. The van der Waals surface area contributed by atoms with Crippen LogP contribution in [0.3, 0.4) is 0 Å². The van der Waals surface area contributed by atoms with Crippen molar-refractivity contribution in [2.24, 2.45) is 5.92 Å². The molecule has 0 saturated heterocycles. The van der Waals surface area contributed by atoms with Crippen LogP contribution in [-0.4, -0.2) is 6.04 Å². The van der Waals surface area contributed by atoms with Gasteiger partial charge in [0.15, 0.2) is 0 Å². The van der Waals surface area contributed by atoms with Gasteiger partial charge in [0.05, 0.1) is 0 Å². The second kappa shape index (κ2) is 4.91. The van der Waals surface area contributed by atoms with Crippen molar-refractivity contribution < 1.29 is 8.78 Å². The Morgan fingerprint density at radius 2 is 2.12 bits per heavy atom. The Morgan fingerprint density at radius 1 is 1.38 bits per heavy atom. The summed E-state index contributed by atoms with van der Waals surface area (Å²) in [6.45, 7) is 2.52. The Morgan fingerprint density at radius 3 is 2.75 bits per heavy atom. The lowest BCUT2D eigenvalue weighted by Gasteiger charge is -2.32. The quantitative estimate of drug-likeness (QED) is 0.829. The third-order valence-corrected chi connectivity index (χ3v) is 3.48. The molecule has 1 aliphatic carbocycles. The van der Waals surface area contributed by atoms with Crippen LogP contribution >= 0.6 is 0 Å². The first-order valence-corrected chi connectivity index (χ1v) is 5.84. The average Bonchev–Trinajstić information content (AvgIpc) is 2.17. The minimum atomic E-state index is -0.380. The fourth-order valence-corrected chi connectivity index (χ4v) is 2.06. The third-order valence-electron chi connectivity index (χ3n) is 3.48. The van der Waals surface area contributed by atoms with Crippen LogP contribution in [0.25, 0.3) is 0 Å². The summed E-state index contributed by atoms with van der Waals surface area (Å²) in [5.74, 6) is -0.0131. The van der Waals surface area contributed by atoms with Gasteiger partial charge in [0, 0.05) is 18.2 Å². The van der Waals surface area contributed by atoms with Crippen molar-refractivity contribution in [2.75, 3.05) is 0 Å². The number of benzene rings is 1. The van der Waals surface area contributed by atoms with E-state index in [9.17, 15) is 8.78 Å². The number of hydrogen-bond acceptors (Lipinski definition) is 1. The zero-order valence-electron chi connectivity index (χ0n) is 9.47. The summed E-state index contributed by atoms with van der Waals surface area (Å²) in [6, 6.07) is 3.97. The molecule has 1 unspecified atom stereocenters. The van der Waals surface area contributed by atoms with E-state index in [-0.39, 0.29) is 11.6 Å². The fraction of sp³-hybridized carbons (Fsp3) is 0.538. The molecule has 0 aromatic heterocycles. The van der Waals surface area contributed by atoms with Gasteiger partial charge in [0.25, 0.3) is 0 Å². The van der Waals surface area contributed by atoms with Gasteiger partial charge in [0.2, 0.25) is 0 Å². The molecule has 1 fully saturated rings. The van der Waals surface area contributed by atoms with Gasteiger partial charge >= 0.3 is 0 Å². The smallest absolute Gasteiger partial charge is 0.127 e. The van der Waals surface area contributed by atoms with Gasteiger partial charge in [-0.15, -0.1) is 0 Å². The summed E-state index contributed by atoms with van der Waals surface area (Å²) in [5, 5.41) is 3.26. The summed E-state index contributed by atoms with van der Waals surface area (Å²) in [7, 11) is 0. The van der Waals surface area contributed by atoms with Gasteiger partial charge in [-0.3, -0.25) is 0 Å². The van der Waals surface area contributed by atoms with Gasteiger partial charge < -0.3 is 5.32 Å². The summed E-state index contributed by atoms with van der Waals surface area (Å²) < 4.78 is 26.2. The van der Waals surface area contributed by atoms with Crippen LogP contribution in [0.1, 0.15) is 31.7 Å². The molecule has 0 spiro atoms. The summed E-state index contributed by atoms with van der Waals surface area (Å²) in [5.41, 5.74) is 0.408. The molecule has 1 nitrogen and oxygen atoms in total. The van der Waals surface area contributed by atoms with E-state index in [0.29, 0.717) is 24.1 Å². The maximum atomic E-state index is 13.3. The lowest BCUT2D eigenvalue weighted by molar-refractivity contribution is 0.239. The highest BCUT2D eigenvalue weighted by Crippen LogP contribution is 2.29. The van der Waals surface area contributed by atoms with Crippen LogP contribution in [0.5, 0.6) is 0 Å². The van der Waals surface area contributed by atoms with E-state index < -0.39 is 0 Å². The molecule has 0 aliphatic heterocycles. The van der Waals surface area contributed by atoms with Crippen molar-refractivity contribution in [1.29, 1.82) is 0 Å². The van der Waals surface area contributed by atoms with E-state index in [2.05, 4.69) is 12.2 Å². The molecule has 0 heterocycles. The number of rotatable bonds is 4. The standard InChI is InChI=1S/C13H17F2N/c1-9(10-3-2-4-10)16-8-11-7-12(14)5-6-13(11)15/h5-7,9-10,16H,2-4,8H2,1H3. The summed E-state index contributed by atoms with van der Waals surface area (Å²) in [4.78, 5) is 0. The molecular weight excluding hydrogens is 208 g/mol. The lowest BCUT2D eigenvalue weighted by atomic mass is 9.80. The van der Waals surface area contributed by atoms with Crippen LogP contribution in [0.4, 0.5) is 8.78 Å². The zero-order valence-corrected chi connectivity index (χ0v) is 9.47. The largest absolute Gasteiger partial charge is 0.310 e. The van der Waals surface area contributed by atoms with Gasteiger partial charge in [0.1, 0.15) is 11.6 Å². The number of hydrogen-bond donors (Lipinski definition) is 1. The van der Waals surface area contributed by atoms with Crippen LogP contribution < -0.4 is 5.32 Å². The zero-order chi connectivity index (χ0) is 11.5. The molecule has 2 rings (SSSR count). The molecule has 0 bridgehead atoms. The average molecular weight is 225 g/mol. The number of halogens is 2. The normalized spacial score (nSPS) is 18.2. The lowest BCUT2D eigenvalue weighted by Crippen LogP contribution is -2.36. The predicted octanol–water partition coefficient (Wildman–Crippen LogP) is 3.24. The molecule has 0 radical (unpaired) electrons. The maximum absolute atomic E-state index is 13.3. The van der Waals surface area contributed by atoms with E-state index in [0.717, 1.165) is 6.07 Å². The molecule has 88 valence electrons. The summed E-state index contributed by atoms with van der Waals surface area (Å²) in [6.07, 6.45) is 3.80. The molecule has 1 aromatic carbocycles. The topological polar surface area (TPSA) is 12.0 Å². The highest BCUT2D eigenvalue weighted by molar-refractivity contribution is 5.18. The maximum Gasteiger partial charge on any atom is 0.127 e. The molecule has 16 heavy (non-hydrogen) atoms. The van der Waals surface area contributed by atoms with E-state index in [1.54, 1.807) is 0 Å². The second-order valence-electron chi connectivity index (χ2n) is 4.60. The highest BCUT2D eigenvalue weighted by Gasteiger charge is 2.23. The van der Waals surface area contributed by atoms with Crippen molar-refractivity contribution in [3.05, 3.63) is 35.4 Å². The predicted molar refractivity (Wildman–Crippen MR) is 60.0 cm³/mol. The third kappa shape index (κ3) is 2.59. The van der Waals surface area contributed by atoms with Crippen LogP contribution in [0.15, 0.2) is 18.2 Å². The monoisotopic (exact) mass is 225 g/mol. The van der Waals surface area contributed by atoms with Crippen LogP contribution in [-0.2, 0) is 6.54 Å². The first-order valence-electron chi connectivity index (χ1n) is 5.84. The fourth-order valence-electron chi connectivity index (χ4n) is 2.06. The first kappa shape index (κ1) is 11.5. The molecule has 1 aromatic rings. The Kier molecular flexibility index (Phi) is 3.54. The Bertz CT molecular complexity index is 361. The van der Waals surface area contributed by atoms with Crippen molar-refractivity contribution in [3.8, 4) is 0 Å². The molecular formula is C13H17F2N. The van der Waals surface area contributed by atoms with Gasteiger partial charge in [-0.2, -0.15) is 0 Å². The van der Waals surface area contributed by atoms with Crippen molar-refractivity contribution in [2.45, 2.75) is 38.8 Å². The van der Waals surface area contributed by atoms with Crippen LogP contribution in [0.2, 0.25) is 0 Å². The van der Waals surface area contributed by atoms with E-state index >= 15 is 0 Å². The SMILES string of the molecule is CC(NCc1cc(F)ccc1F)C1CCC1. The Balaban J connectivity index is 1.90. The second-order valence-corrected chi connectivity index (χ2v) is 4.60. The molecule has 1 saturated carbocycles. The van der Waals surface area contributed by atoms with Crippen molar-refractivity contribution in [3.63, 3.8) is 0 Å². The molecule has 3 heteroatoms. The highest BCUT2D eigenvalue weighted by atomic mass is 19.1. The minimum absolute atomic E-state index is 0.338. The molecule has 1 atom stereocenters. The molecule has 0 amide bonds.